The van der Waals surface area contributed by atoms with E-state index in [1.165, 1.54) is 8.52 Å². The summed E-state index contributed by atoms with van der Waals surface area (Å²) in [6.45, 7) is 3.64. The molecule has 0 N–H and O–H groups in total. The molecule has 23 heavy (non-hydrogen) atoms. The highest BCUT2D eigenvalue weighted by Gasteiger charge is 2.18. The molecule has 0 fully saturated rings. The van der Waals surface area contributed by atoms with Crippen molar-refractivity contribution in [2.75, 3.05) is 7.11 Å². The van der Waals surface area contributed by atoms with E-state index in [1.807, 2.05) is 12.1 Å². The van der Waals surface area contributed by atoms with Crippen molar-refractivity contribution in [2.45, 2.75) is 20.4 Å². The zero-order valence-corrected chi connectivity index (χ0v) is 13.7. The molecule has 0 unspecified atom stereocenters. The minimum atomic E-state index is -0.398. The van der Waals surface area contributed by atoms with Crippen molar-refractivity contribution < 1.29 is 9.26 Å². The molecule has 120 valence electrons. The first-order chi connectivity index (χ1) is 11.0. The SMILES string of the molecule is COc1ccc(Cn2c(=O)sn(-c3c(C)noc3C)c2=O)cc1. The molecule has 7 nitrogen and oxygen atoms in total. The van der Waals surface area contributed by atoms with E-state index in [0.29, 0.717) is 17.1 Å². The van der Waals surface area contributed by atoms with Crippen LogP contribution in [0.5, 0.6) is 5.75 Å². The maximum absolute atomic E-state index is 12.6. The molecule has 0 aliphatic carbocycles. The highest BCUT2D eigenvalue weighted by Crippen LogP contribution is 2.17. The Bertz CT molecular complexity index is 927. The number of aromatic nitrogens is 3. The van der Waals surface area contributed by atoms with E-state index in [-0.39, 0.29) is 11.4 Å². The van der Waals surface area contributed by atoms with Crippen molar-refractivity contribution >= 4 is 11.5 Å². The van der Waals surface area contributed by atoms with Gasteiger partial charge in [0.05, 0.1) is 13.7 Å². The monoisotopic (exact) mass is 333 g/mol. The first-order valence-electron chi connectivity index (χ1n) is 6.90. The topological polar surface area (TPSA) is 79.3 Å². The Balaban J connectivity index is 2.01. The molecule has 0 radical (unpaired) electrons. The number of methoxy groups -OCH3 is 1. The largest absolute Gasteiger partial charge is 0.497 e. The van der Waals surface area contributed by atoms with Crippen LogP contribution < -0.4 is 15.3 Å². The Morgan fingerprint density at radius 1 is 1.22 bits per heavy atom. The summed E-state index contributed by atoms with van der Waals surface area (Å²) in [6.07, 6.45) is 0. The fraction of sp³-hybridized carbons (Fsp3) is 0.267. The Morgan fingerprint density at radius 2 is 1.91 bits per heavy atom. The van der Waals surface area contributed by atoms with Crippen LogP contribution in [0.2, 0.25) is 0 Å². The van der Waals surface area contributed by atoms with Gasteiger partial charge in [-0.3, -0.25) is 4.79 Å². The number of ether oxygens (including phenoxy) is 1. The summed E-state index contributed by atoms with van der Waals surface area (Å²) in [5, 5.41) is 3.82. The predicted molar refractivity (Wildman–Crippen MR) is 85.8 cm³/mol. The molecule has 0 saturated carbocycles. The van der Waals surface area contributed by atoms with E-state index < -0.39 is 5.69 Å². The molecule has 1 aromatic carbocycles. The normalized spacial score (nSPS) is 10.9. The van der Waals surface area contributed by atoms with E-state index in [0.717, 1.165) is 22.8 Å². The fourth-order valence-corrected chi connectivity index (χ4v) is 3.24. The molecule has 2 aromatic heterocycles. The van der Waals surface area contributed by atoms with Crippen LogP contribution in [0.3, 0.4) is 0 Å². The minimum absolute atomic E-state index is 0.203. The highest BCUT2D eigenvalue weighted by molar-refractivity contribution is 7.03. The van der Waals surface area contributed by atoms with Crippen LogP contribution in [-0.4, -0.2) is 20.8 Å². The molecule has 0 bridgehead atoms. The second-order valence-electron chi connectivity index (χ2n) is 5.04. The molecule has 0 atom stereocenters. The van der Waals surface area contributed by atoms with Crippen molar-refractivity contribution in [2.24, 2.45) is 0 Å². The number of rotatable bonds is 4. The third-order valence-electron chi connectivity index (χ3n) is 3.49. The summed E-state index contributed by atoms with van der Waals surface area (Å²) >= 11 is 0.841. The first kappa shape index (κ1) is 15.3. The van der Waals surface area contributed by atoms with Gasteiger partial charge in [0.25, 0.3) is 0 Å². The van der Waals surface area contributed by atoms with Crippen LogP contribution in [0.4, 0.5) is 0 Å². The number of aryl methyl sites for hydroxylation is 2. The average Bonchev–Trinajstić information content (AvgIpc) is 3.01. The smallest absolute Gasteiger partial charge is 0.346 e. The number of nitrogens with zero attached hydrogens (tertiary/aromatic N) is 3. The van der Waals surface area contributed by atoms with Gasteiger partial charge in [0.15, 0.2) is 5.76 Å². The molecule has 2 heterocycles. The zero-order chi connectivity index (χ0) is 16.6. The minimum Gasteiger partial charge on any atom is -0.497 e. The van der Waals surface area contributed by atoms with Crippen molar-refractivity contribution in [1.82, 2.24) is 13.7 Å². The molecular weight excluding hydrogens is 318 g/mol. The Labute approximate surface area is 135 Å². The van der Waals surface area contributed by atoms with E-state index in [1.54, 1.807) is 33.1 Å². The Kier molecular flexibility index (Phi) is 3.91. The van der Waals surface area contributed by atoms with E-state index in [2.05, 4.69) is 5.16 Å². The summed E-state index contributed by atoms with van der Waals surface area (Å²) in [6, 6.07) is 7.23. The molecule has 0 saturated heterocycles. The van der Waals surface area contributed by atoms with E-state index in [4.69, 9.17) is 9.26 Å². The lowest BCUT2D eigenvalue weighted by atomic mass is 10.2. The van der Waals surface area contributed by atoms with Crippen LogP contribution in [0.1, 0.15) is 17.0 Å². The van der Waals surface area contributed by atoms with Gasteiger partial charge in [0.1, 0.15) is 17.1 Å². The summed E-state index contributed by atoms with van der Waals surface area (Å²) in [7, 11) is 1.58. The van der Waals surface area contributed by atoms with Gasteiger partial charge in [-0.2, -0.15) is 0 Å². The maximum Gasteiger partial charge on any atom is 0.346 e. The summed E-state index contributed by atoms with van der Waals surface area (Å²) in [5.74, 6) is 1.22. The first-order valence-corrected chi connectivity index (χ1v) is 7.68. The predicted octanol–water partition coefficient (Wildman–Crippen LogP) is 1.72. The second-order valence-corrected chi connectivity index (χ2v) is 5.94. The quantitative estimate of drug-likeness (QED) is 0.726. The zero-order valence-electron chi connectivity index (χ0n) is 12.9. The molecule has 0 aliphatic rings. The van der Waals surface area contributed by atoms with Crippen LogP contribution in [0.25, 0.3) is 5.69 Å². The second kappa shape index (κ2) is 5.88. The Hall–Kier alpha value is -2.61. The van der Waals surface area contributed by atoms with E-state index >= 15 is 0 Å². The lowest BCUT2D eigenvalue weighted by Crippen LogP contribution is -2.29. The van der Waals surface area contributed by atoms with Gasteiger partial charge in [-0.05, 0) is 31.5 Å². The standard InChI is InChI=1S/C15H15N3O4S/c1-9-13(10(2)22-16-9)18-14(19)17(15(20)23-18)8-11-4-6-12(21-3)7-5-11/h4-7H,8H2,1-3H3. The number of benzene rings is 1. The third kappa shape index (κ3) is 2.72. The Morgan fingerprint density at radius 3 is 2.48 bits per heavy atom. The summed E-state index contributed by atoms with van der Waals surface area (Å²) < 4.78 is 12.7. The van der Waals surface area contributed by atoms with Gasteiger partial charge in [0, 0.05) is 11.5 Å². The van der Waals surface area contributed by atoms with Crippen molar-refractivity contribution in [3.8, 4) is 11.4 Å². The lowest BCUT2D eigenvalue weighted by molar-refractivity contribution is 0.393. The molecule has 0 spiro atoms. The molecule has 3 rings (SSSR count). The van der Waals surface area contributed by atoms with Crippen molar-refractivity contribution in [1.29, 1.82) is 0 Å². The molecule has 0 aliphatic heterocycles. The van der Waals surface area contributed by atoms with Crippen LogP contribution in [0.15, 0.2) is 38.4 Å². The van der Waals surface area contributed by atoms with Gasteiger partial charge in [-0.1, -0.05) is 17.3 Å². The van der Waals surface area contributed by atoms with Gasteiger partial charge in [-0.25, -0.2) is 13.3 Å². The molecular formula is C15H15N3O4S. The summed E-state index contributed by atoms with van der Waals surface area (Å²) in [4.78, 5) is 24.4. The average molecular weight is 333 g/mol. The molecule has 8 heteroatoms. The fourth-order valence-electron chi connectivity index (χ4n) is 2.31. The van der Waals surface area contributed by atoms with Crippen LogP contribution in [0, 0.1) is 13.8 Å². The third-order valence-corrected chi connectivity index (χ3v) is 4.39. The van der Waals surface area contributed by atoms with E-state index in [9.17, 15) is 9.59 Å². The van der Waals surface area contributed by atoms with Gasteiger partial charge >= 0.3 is 10.6 Å². The van der Waals surface area contributed by atoms with Crippen molar-refractivity contribution in [3.63, 3.8) is 0 Å². The van der Waals surface area contributed by atoms with Gasteiger partial charge in [-0.15, -0.1) is 0 Å². The van der Waals surface area contributed by atoms with Crippen LogP contribution >= 0.6 is 11.5 Å². The number of hydrogen-bond acceptors (Lipinski definition) is 6. The lowest BCUT2D eigenvalue weighted by Gasteiger charge is -2.03. The molecule has 3 aromatic rings. The molecule has 0 amide bonds. The van der Waals surface area contributed by atoms with Gasteiger partial charge in [0.2, 0.25) is 0 Å². The van der Waals surface area contributed by atoms with Crippen molar-refractivity contribution in [3.05, 3.63) is 61.4 Å². The van der Waals surface area contributed by atoms with Crippen LogP contribution in [-0.2, 0) is 6.54 Å². The summed E-state index contributed by atoms with van der Waals surface area (Å²) in [5.41, 5.74) is 1.55. The highest BCUT2D eigenvalue weighted by atomic mass is 32.1. The number of hydrogen-bond donors (Lipinski definition) is 0. The van der Waals surface area contributed by atoms with Gasteiger partial charge < -0.3 is 9.26 Å². The maximum atomic E-state index is 12.6.